The Morgan fingerprint density at radius 1 is 1.42 bits per heavy atom. The Bertz CT molecular complexity index is 330. The zero-order valence-corrected chi connectivity index (χ0v) is 8.05. The Balaban J connectivity index is 3.23. The van der Waals surface area contributed by atoms with Gasteiger partial charge in [0.2, 0.25) is 5.62 Å². The van der Waals surface area contributed by atoms with Gasteiger partial charge in [0.05, 0.1) is 5.69 Å². The first-order chi connectivity index (χ1) is 5.41. The van der Waals surface area contributed by atoms with Crippen LogP contribution in [0.3, 0.4) is 0 Å². The van der Waals surface area contributed by atoms with Gasteiger partial charge in [0.25, 0.3) is 0 Å². The molecule has 0 saturated heterocycles. The van der Waals surface area contributed by atoms with Crippen molar-refractivity contribution in [2.24, 2.45) is 7.05 Å². The van der Waals surface area contributed by atoms with Gasteiger partial charge >= 0.3 is 0 Å². The molecular formula is C9H15N3. The van der Waals surface area contributed by atoms with E-state index in [-0.39, 0.29) is 5.41 Å². The maximum absolute atomic E-state index is 7.49. The van der Waals surface area contributed by atoms with Gasteiger partial charge in [0, 0.05) is 18.7 Å². The molecule has 1 N–H and O–H groups in total. The molecule has 0 atom stereocenters. The standard InChI is InChI=1S/C9H15N3/c1-9(2,3)7-5-6-12(4)8(10)11-7/h5-6,10H,1-4H3. The van der Waals surface area contributed by atoms with Gasteiger partial charge in [-0.1, -0.05) is 20.8 Å². The molecule has 0 saturated carbocycles. The molecular weight excluding hydrogens is 150 g/mol. The predicted octanol–water partition coefficient (Wildman–Crippen LogP) is 1.20. The first-order valence-electron chi connectivity index (χ1n) is 4.00. The van der Waals surface area contributed by atoms with Crippen molar-refractivity contribution in [2.75, 3.05) is 0 Å². The molecule has 1 aromatic rings. The van der Waals surface area contributed by atoms with E-state index in [1.54, 1.807) is 4.57 Å². The number of nitrogens with zero attached hydrogens (tertiary/aromatic N) is 2. The lowest BCUT2D eigenvalue weighted by Crippen LogP contribution is -2.25. The molecule has 66 valence electrons. The molecule has 3 heteroatoms. The largest absolute Gasteiger partial charge is 0.321 e. The number of rotatable bonds is 0. The molecule has 0 aliphatic carbocycles. The number of aromatic nitrogens is 2. The van der Waals surface area contributed by atoms with Crippen LogP contribution in [-0.2, 0) is 12.5 Å². The zero-order chi connectivity index (χ0) is 9.35. The van der Waals surface area contributed by atoms with E-state index in [1.807, 2.05) is 19.3 Å². The summed E-state index contributed by atoms with van der Waals surface area (Å²) in [6.45, 7) is 6.28. The van der Waals surface area contributed by atoms with Crippen molar-refractivity contribution in [1.29, 1.82) is 5.41 Å². The van der Waals surface area contributed by atoms with Gasteiger partial charge in [-0.3, -0.25) is 5.41 Å². The Kier molecular flexibility index (Phi) is 2.04. The van der Waals surface area contributed by atoms with E-state index in [4.69, 9.17) is 5.41 Å². The summed E-state index contributed by atoms with van der Waals surface area (Å²) >= 11 is 0. The molecule has 3 nitrogen and oxygen atoms in total. The van der Waals surface area contributed by atoms with E-state index in [0.717, 1.165) is 5.69 Å². The van der Waals surface area contributed by atoms with Gasteiger partial charge in [-0.2, -0.15) is 0 Å². The van der Waals surface area contributed by atoms with Crippen LogP contribution in [0.4, 0.5) is 0 Å². The highest BCUT2D eigenvalue weighted by molar-refractivity contribution is 5.09. The minimum absolute atomic E-state index is 0.0318. The normalized spacial score (nSPS) is 11.7. The first kappa shape index (κ1) is 8.97. The third kappa shape index (κ3) is 1.72. The third-order valence-corrected chi connectivity index (χ3v) is 1.78. The zero-order valence-electron chi connectivity index (χ0n) is 8.05. The van der Waals surface area contributed by atoms with Gasteiger partial charge in [0.15, 0.2) is 0 Å². The van der Waals surface area contributed by atoms with Crippen molar-refractivity contribution >= 4 is 0 Å². The molecule has 0 aliphatic heterocycles. The summed E-state index contributed by atoms with van der Waals surface area (Å²) in [6.07, 6.45) is 1.87. The summed E-state index contributed by atoms with van der Waals surface area (Å²) in [5.74, 6) is 0. The van der Waals surface area contributed by atoms with Gasteiger partial charge in [-0.05, 0) is 6.07 Å². The van der Waals surface area contributed by atoms with Crippen LogP contribution in [0.15, 0.2) is 12.3 Å². The summed E-state index contributed by atoms with van der Waals surface area (Å²) in [6, 6.07) is 1.96. The second-order valence-corrected chi connectivity index (χ2v) is 4.00. The highest BCUT2D eigenvalue weighted by Crippen LogP contribution is 2.17. The Hall–Kier alpha value is -1.12. The maximum Gasteiger partial charge on any atom is 0.221 e. The first-order valence-corrected chi connectivity index (χ1v) is 4.00. The summed E-state index contributed by atoms with van der Waals surface area (Å²) in [5.41, 5.74) is 1.30. The Morgan fingerprint density at radius 3 is 2.42 bits per heavy atom. The fraction of sp³-hybridized carbons (Fsp3) is 0.556. The number of nitrogens with one attached hydrogen (secondary N) is 1. The topological polar surface area (TPSA) is 41.7 Å². The molecule has 1 rings (SSSR count). The summed E-state index contributed by atoms with van der Waals surface area (Å²) in [5, 5.41) is 7.49. The molecule has 1 heterocycles. The number of hydrogen-bond acceptors (Lipinski definition) is 2. The van der Waals surface area contributed by atoms with Crippen LogP contribution >= 0.6 is 0 Å². The summed E-state index contributed by atoms with van der Waals surface area (Å²) in [4.78, 5) is 4.17. The summed E-state index contributed by atoms with van der Waals surface area (Å²) < 4.78 is 1.69. The van der Waals surface area contributed by atoms with Crippen LogP contribution < -0.4 is 5.62 Å². The van der Waals surface area contributed by atoms with Crippen molar-refractivity contribution < 1.29 is 0 Å². The molecule has 0 spiro atoms. The smallest absolute Gasteiger partial charge is 0.221 e. The third-order valence-electron chi connectivity index (χ3n) is 1.78. The van der Waals surface area contributed by atoms with Crippen LogP contribution in [0, 0.1) is 5.41 Å². The molecule has 0 radical (unpaired) electrons. The quantitative estimate of drug-likeness (QED) is 0.616. The molecule has 0 fully saturated rings. The fourth-order valence-electron chi connectivity index (χ4n) is 0.901. The van der Waals surface area contributed by atoms with Gasteiger partial charge < -0.3 is 4.57 Å². The average Bonchev–Trinajstić information content (AvgIpc) is 1.92. The SMILES string of the molecule is Cn1ccc(C(C)(C)C)nc1=N. The van der Waals surface area contributed by atoms with Crippen LogP contribution in [0.5, 0.6) is 0 Å². The molecule has 0 bridgehead atoms. The monoisotopic (exact) mass is 165 g/mol. The molecule has 0 aromatic carbocycles. The maximum atomic E-state index is 7.49. The molecule has 12 heavy (non-hydrogen) atoms. The van der Waals surface area contributed by atoms with Gasteiger partial charge in [-0.15, -0.1) is 0 Å². The highest BCUT2D eigenvalue weighted by atomic mass is 15.0. The number of hydrogen-bond donors (Lipinski definition) is 1. The van der Waals surface area contributed by atoms with Crippen LogP contribution in [-0.4, -0.2) is 9.55 Å². The van der Waals surface area contributed by atoms with E-state index in [1.165, 1.54) is 0 Å². The van der Waals surface area contributed by atoms with Crippen molar-refractivity contribution in [1.82, 2.24) is 9.55 Å². The van der Waals surface area contributed by atoms with Gasteiger partial charge in [0.1, 0.15) is 0 Å². The van der Waals surface area contributed by atoms with E-state index in [9.17, 15) is 0 Å². The second kappa shape index (κ2) is 2.73. The minimum Gasteiger partial charge on any atom is -0.321 e. The van der Waals surface area contributed by atoms with Crippen molar-refractivity contribution in [3.63, 3.8) is 0 Å². The van der Waals surface area contributed by atoms with E-state index >= 15 is 0 Å². The van der Waals surface area contributed by atoms with Crippen LogP contribution in [0.25, 0.3) is 0 Å². The lowest BCUT2D eigenvalue weighted by atomic mass is 9.92. The van der Waals surface area contributed by atoms with Crippen molar-refractivity contribution in [2.45, 2.75) is 26.2 Å². The van der Waals surface area contributed by atoms with E-state index in [0.29, 0.717) is 5.62 Å². The van der Waals surface area contributed by atoms with E-state index < -0.39 is 0 Å². The summed E-state index contributed by atoms with van der Waals surface area (Å²) in [7, 11) is 1.82. The average molecular weight is 165 g/mol. The molecule has 0 amide bonds. The Morgan fingerprint density at radius 2 is 2.00 bits per heavy atom. The van der Waals surface area contributed by atoms with Gasteiger partial charge in [-0.25, -0.2) is 4.98 Å². The van der Waals surface area contributed by atoms with Crippen molar-refractivity contribution in [3.8, 4) is 0 Å². The minimum atomic E-state index is 0.0318. The molecule has 0 aliphatic rings. The predicted molar refractivity (Wildman–Crippen MR) is 47.8 cm³/mol. The second-order valence-electron chi connectivity index (χ2n) is 4.00. The van der Waals surface area contributed by atoms with Crippen LogP contribution in [0.2, 0.25) is 0 Å². The lowest BCUT2D eigenvalue weighted by Gasteiger charge is -2.17. The highest BCUT2D eigenvalue weighted by Gasteiger charge is 2.14. The van der Waals surface area contributed by atoms with E-state index in [2.05, 4.69) is 25.8 Å². The van der Waals surface area contributed by atoms with Crippen LogP contribution in [0.1, 0.15) is 26.5 Å². The molecule has 0 unspecified atom stereocenters. The Labute approximate surface area is 72.6 Å². The fourth-order valence-corrected chi connectivity index (χ4v) is 0.901. The number of aryl methyl sites for hydroxylation is 1. The lowest BCUT2D eigenvalue weighted by molar-refractivity contribution is 0.553. The van der Waals surface area contributed by atoms with Crippen molar-refractivity contribution in [3.05, 3.63) is 23.6 Å². The molecule has 1 aromatic heterocycles.